The van der Waals surface area contributed by atoms with Crippen molar-refractivity contribution >= 4 is 21.4 Å². The molecule has 0 saturated heterocycles. The van der Waals surface area contributed by atoms with Crippen molar-refractivity contribution in [2.24, 2.45) is 5.73 Å². The van der Waals surface area contributed by atoms with Crippen LogP contribution in [0.1, 0.15) is 10.7 Å². The van der Waals surface area contributed by atoms with Gasteiger partial charge in [-0.25, -0.2) is 18.1 Å². The van der Waals surface area contributed by atoms with E-state index in [0.717, 1.165) is 0 Å². The molecule has 2 aromatic rings. The minimum absolute atomic E-state index is 0.218. The van der Waals surface area contributed by atoms with Gasteiger partial charge in [0.15, 0.2) is 0 Å². The standard InChI is InChI=1S/C9H13N5O2S2/c10-5-7-8(2-4-17-7)18(15,16)13-3-1-9-11-6-12-14-9/h2,4,6,13H,1,3,5,10H2,(H,11,12,14). The summed E-state index contributed by atoms with van der Waals surface area (Å²) in [7, 11) is -3.49. The maximum atomic E-state index is 12.0. The van der Waals surface area contributed by atoms with E-state index in [9.17, 15) is 8.42 Å². The maximum absolute atomic E-state index is 12.0. The number of rotatable bonds is 6. The van der Waals surface area contributed by atoms with Crippen molar-refractivity contribution in [3.63, 3.8) is 0 Å². The molecule has 0 aliphatic rings. The molecule has 9 heteroatoms. The molecule has 2 rings (SSSR count). The van der Waals surface area contributed by atoms with E-state index in [1.165, 1.54) is 17.7 Å². The average molecular weight is 287 g/mol. The van der Waals surface area contributed by atoms with E-state index < -0.39 is 10.0 Å². The van der Waals surface area contributed by atoms with Gasteiger partial charge in [-0.1, -0.05) is 0 Å². The molecule has 0 aromatic carbocycles. The van der Waals surface area contributed by atoms with Crippen LogP contribution >= 0.6 is 11.3 Å². The first-order valence-corrected chi connectivity index (χ1v) is 7.60. The van der Waals surface area contributed by atoms with Crippen LogP contribution in [0.5, 0.6) is 0 Å². The summed E-state index contributed by atoms with van der Waals surface area (Å²) in [4.78, 5) is 4.82. The van der Waals surface area contributed by atoms with Gasteiger partial charge < -0.3 is 5.73 Å². The van der Waals surface area contributed by atoms with E-state index in [-0.39, 0.29) is 18.0 Å². The van der Waals surface area contributed by atoms with Crippen molar-refractivity contribution in [3.8, 4) is 0 Å². The number of aromatic nitrogens is 3. The molecule has 0 saturated carbocycles. The Kier molecular flexibility index (Phi) is 4.07. The van der Waals surface area contributed by atoms with Crippen LogP contribution in [0.3, 0.4) is 0 Å². The number of sulfonamides is 1. The smallest absolute Gasteiger partial charge is 0.241 e. The lowest BCUT2D eigenvalue weighted by Crippen LogP contribution is -2.26. The summed E-state index contributed by atoms with van der Waals surface area (Å²) in [6.45, 7) is 0.480. The maximum Gasteiger partial charge on any atom is 0.241 e. The van der Waals surface area contributed by atoms with Gasteiger partial charge >= 0.3 is 0 Å². The third kappa shape index (κ3) is 2.93. The SMILES string of the molecule is NCc1sccc1S(=O)(=O)NCCc1ncn[nH]1. The Labute approximate surface area is 108 Å². The predicted octanol–water partition coefficient (Wildman–Crippen LogP) is -0.154. The second-order valence-corrected chi connectivity index (χ2v) is 6.23. The zero-order valence-corrected chi connectivity index (χ0v) is 11.1. The van der Waals surface area contributed by atoms with E-state index >= 15 is 0 Å². The zero-order chi connectivity index (χ0) is 13.0. The van der Waals surface area contributed by atoms with Gasteiger partial charge in [-0.15, -0.1) is 11.3 Å². The highest BCUT2D eigenvalue weighted by atomic mass is 32.2. The molecule has 0 aliphatic heterocycles. The molecule has 0 amide bonds. The zero-order valence-electron chi connectivity index (χ0n) is 9.46. The number of nitrogens with two attached hydrogens (primary N) is 1. The van der Waals surface area contributed by atoms with Crippen LogP contribution in [0.2, 0.25) is 0 Å². The molecular weight excluding hydrogens is 274 g/mol. The number of nitrogens with zero attached hydrogens (tertiary/aromatic N) is 2. The van der Waals surface area contributed by atoms with Gasteiger partial charge in [0.05, 0.1) is 4.90 Å². The number of thiophene rings is 1. The molecule has 0 spiro atoms. The van der Waals surface area contributed by atoms with Gasteiger partial charge in [-0.2, -0.15) is 5.10 Å². The number of H-pyrrole nitrogens is 1. The Morgan fingerprint density at radius 1 is 1.50 bits per heavy atom. The van der Waals surface area contributed by atoms with Crippen molar-refractivity contribution in [2.45, 2.75) is 17.9 Å². The fraction of sp³-hybridized carbons (Fsp3) is 0.333. The first-order chi connectivity index (χ1) is 8.63. The summed E-state index contributed by atoms with van der Waals surface area (Å²) in [6, 6.07) is 1.56. The minimum Gasteiger partial charge on any atom is -0.326 e. The van der Waals surface area contributed by atoms with Gasteiger partial charge in [0.25, 0.3) is 0 Å². The van der Waals surface area contributed by atoms with Crippen LogP contribution < -0.4 is 10.5 Å². The lowest BCUT2D eigenvalue weighted by atomic mass is 10.4. The molecule has 2 aromatic heterocycles. The molecule has 4 N–H and O–H groups in total. The molecule has 0 bridgehead atoms. The second kappa shape index (κ2) is 5.57. The molecule has 98 valence electrons. The normalized spacial score (nSPS) is 11.8. The fourth-order valence-electron chi connectivity index (χ4n) is 1.45. The van der Waals surface area contributed by atoms with E-state index in [0.29, 0.717) is 17.1 Å². The largest absolute Gasteiger partial charge is 0.326 e. The Morgan fingerprint density at radius 2 is 2.33 bits per heavy atom. The van der Waals surface area contributed by atoms with Crippen LogP contribution in [-0.4, -0.2) is 30.1 Å². The van der Waals surface area contributed by atoms with Crippen molar-refractivity contribution < 1.29 is 8.42 Å². The number of hydrogen-bond donors (Lipinski definition) is 3. The van der Waals surface area contributed by atoms with E-state index in [4.69, 9.17) is 5.73 Å². The summed E-state index contributed by atoms with van der Waals surface area (Å²) in [5, 5.41) is 8.07. The predicted molar refractivity (Wildman–Crippen MR) is 67.5 cm³/mol. The molecule has 18 heavy (non-hydrogen) atoms. The van der Waals surface area contributed by atoms with E-state index in [1.807, 2.05) is 0 Å². The summed E-state index contributed by atoms with van der Waals surface area (Å²) >= 11 is 1.33. The molecule has 0 atom stereocenters. The number of hydrogen-bond acceptors (Lipinski definition) is 6. The highest BCUT2D eigenvalue weighted by Gasteiger charge is 2.18. The van der Waals surface area contributed by atoms with Crippen molar-refractivity contribution in [2.75, 3.05) is 6.54 Å². The lowest BCUT2D eigenvalue weighted by Gasteiger charge is -2.05. The van der Waals surface area contributed by atoms with E-state index in [1.54, 1.807) is 11.4 Å². The summed E-state index contributed by atoms with van der Waals surface area (Å²) in [6.07, 6.45) is 1.84. The molecule has 0 radical (unpaired) electrons. The third-order valence-electron chi connectivity index (χ3n) is 2.30. The Bertz CT molecular complexity index is 590. The highest BCUT2D eigenvalue weighted by molar-refractivity contribution is 7.89. The van der Waals surface area contributed by atoms with Crippen molar-refractivity contribution in [1.29, 1.82) is 0 Å². The number of nitrogens with one attached hydrogen (secondary N) is 2. The van der Waals surface area contributed by atoms with Gasteiger partial charge in [0.1, 0.15) is 12.2 Å². The topological polar surface area (TPSA) is 114 Å². The quantitative estimate of drug-likeness (QED) is 0.683. The van der Waals surface area contributed by atoms with Crippen molar-refractivity contribution in [3.05, 3.63) is 28.5 Å². The Balaban J connectivity index is 1.99. The summed E-state index contributed by atoms with van der Waals surface area (Å²) in [5.74, 6) is 0.641. The lowest BCUT2D eigenvalue weighted by molar-refractivity contribution is 0.580. The van der Waals surface area contributed by atoms with Gasteiger partial charge in [-0.3, -0.25) is 5.10 Å². The summed E-state index contributed by atoms with van der Waals surface area (Å²) in [5.41, 5.74) is 5.49. The monoisotopic (exact) mass is 287 g/mol. The fourth-order valence-corrected chi connectivity index (χ4v) is 3.81. The highest BCUT2D eigenvalue weighted by Crippen LogP contribution is 2.20. The second-order valence-electron chi connectivity index (χ2n) is 3.49. The van der Waals surface area contributed by atoms with Crippen LogP contribution in [0.4, 0.5) is 0 Å². The van der Waals surface area contributed by atoms with Crippen molar-refractivity contribution in [1.82, 2.24) is 19.9 Å². The van der Waals surface area contributed by atoms with E-state index in [2.05, 4.69) is 19.9 Å². The molecule has 0 fully saturated rings. The van der Waals surface area contributed by atoms with Crippen LogP contribution in [0.15, 0.2) is 22.7 Å². The van der Waals surface area contributed by atoms with Gasteiger partial charge in [-0.05, 0) is 11.4 Å². The average Bonchev–Trinajstić information content (AvgIpc) is 2.99. The van der Waals surface area contributed by atoms with Crippen LogP contribution in [0, 0.1) is 0 Å². The molecule has 0 unspecified atom stereocenters. The Morgan fingerprint density at radius 3 is 3.00 bits per heavy atom. The summed E-state index contributed by atoms with van der Waals surface area (Å²) < 4.78 is 26.5. The molecular formula is C9H13N5O2S2. The third-order valence-corrected chi connectivity index (χ3v) is 4.92. The molecule has 2 heterocycles. The minimum atomic E-state index is -3.49. The first-order valence-electron chi connectivity index (χ1n) is 5.24. The number of aromatic amines is 1. The Hall–Kier alpha value is -1.29. The molecule has 7 nitrogen and oxygen atoms in total. The molecule has 0 aliphatic carbocycles. The first kappa shape index (κ1) is 13.1. The van der Waals surface area contributed by atoms with Gasteiger partial charge in [0, 0.05) is 24.4 Å². The van der Waals surface area contributed by atoms with Gasteiger partial charge in [0.2, 0.25) is 10.0 Å². The van der Waals surface area contributed by atoms with Crippen LogP contribution in [0.25, 0.3) is 0 Å². The van der Waals surface area contributed by atoms with Crippen LogP contribution in [-0.2, 0) is 23.0 Å².